The largest absolute Gasteiger partial charge is 0.501 e. The minimum Gasteiger partial charge on any atom is -0.373 e. The Balaban J connectivity index is 4.57. The van der Waals surface area contributed by atoms with Crippen LogP contribution in [0.1, 0.15) is 40.0 Å². The predicted octanol–water partition coefficient (Wildman–Crippen LogP) is 4.77. The molecule has 0 atom stereocenters. The molecule has 0 radical (unpaired) electrons. The lowest BCUT2D eigenvalue weighted by Crippen LogP contribution is -2.47. The van der Waals surface area contributed by atoms with Crippen LogP contribution < -0.4 is 0 Å². The molecule has 0 saturated heterocycles. The molecule has 0 amide bonds. The molecule has 0 aliphatic carbocycles. The first kappa shape index (κ1) is 20.7. The summed E-state index contributed by atoms with van der Waals surface area (Å²) < 4.78 is 18.3. The molecule has 0 aliphatic rings. The van der Waals surface area contributed by atoms with Crippen molar-refractivity contribution in [3.63, 3.8) is 0 Å². The summed E-state index contributed by atoms with van der Waals surface area (Å²) in [5.74, 6) is 1.10. The van der Waals surface area contributed by atoms with Gasteiger partial charge in [0.05, 0.1) is 0 Å². The highest BCUT2D eigenvalue weighted by atomic mass is 32.4. The van der Waals surface area contributed by atoms with Crippen LogP contribution in [0.15, 0.2) is 0 Å². The summed E-state index contributed by atoms with van der Waals surface area (Å²) in [5, 5.41) is 0. The summed E-state index contributed by atoms with van der Waals surface area (Å²) in [6, 6.07) is 0.946. The molecule has 0 aromatic carbocycles. The second-order valence-corrected chi connectivity index (χ2v) is 18.1. The quantitative estimate of drug-likeness (QED) is 0.452. The van der Waals surface area contributed by atoms with Crippen molar-refractivity contribution in [2.45, 2.75) is 65.7 Å². The predicted molar refractivity (Wildman–Crippen MR) is 95.1 cm³/mol. The van der Waals surface area contributed by atoms with Crippen molar-refractivity contribution in [3.8, 4) is 0 Å². The molecule has 0 unspecified atom stereocenters. The molecule has 0 fully saturated rings. The highest BCUT2D eigenvalue weighted by molar-refractivity contribution is 8.28. The van der Waals surface area contributed by atoms with Crippen LogP contribution in [-0.2, 0) is 13.3 Å². The van der Waals surface area contributed by atoms with Crippen LogP contribution in [0.3, 0.4) is 0 Å². The zero-order valence-corrected chi connectivity index (χ0v) is 17.1. The van der Waals surface area contributed by atoms with Gasteiger partial charge in [0, 0.05) is 25.9 Å². The topological polar surface area (TPSA) is 27.7 Å². The highest BCUT2D eigenvalue weighted by Crippen LogP contribution is 2.25. The zero-order valence-electron chi connectivity index (χ0n) is 14.3. The Labute approximate surface area is 132 Å². The van der Waals surface area contributed by atoms with Crippen molar-refractivity contribution in [1.29, 1.82) is 0 Å². The molecule has 20 heavy (non-hydrogen) atoms. The van der Waals surface area contributed by atoms with E-state index in [1.165, 1.54) is 0 Å². The second-order valence-electron chi connectivity index (χ2n) is 5.94. The standard InChI is InChI=1S/C14H34O3SSi2/c1-7-10-15-20(16-11-8-2,17-12-9-3)14-13-18-19(4,5)6/h7-14H2,1-6H3. The minimum absolute atomic E-state index is 0.747. The molecular formula is C14H34O3SSi2. The van der Waals surface area contributed by atoms with E-state index in [4.69, 9.17) is 13.3 Å². The Morgan fingerprint density at radius 1 is 0.750 bits per heavy atom. The van der Waals surface area contributed by atoms with Crippen LogP contribution in [0.5, 0.6) is 0 Å². The van der Waals surface area contributed by atoms with Gasteiger partial charge in [-0.05, 0) is 25.0 Å². The smallest absolute Gasteiger partial charge is 0.373 e. The Kier molecular flexibility index (Phi) is 11.6. The van der Waals surface area contributed by atoms with Gasteiger partial charge in [-0.1, -0.05) is 40.4 Å². The Morgan fingerprint density at radius 3 is 1.45 bits per heavy atom. The molecule has 3 nitrogen and oxygen atoms in total. The first-order chi connectivity index (χ1) is 9.39. The molecular weight excluding hydrogens is 304 g/mol. The molecule has 0 aromatic heterocycles. The first-order valence-corrected chi connectivity index (χ1v) is 15.1. The monoisotopic (exact) mass is 338 g/mol. The Bertz CT molecular complexity index is 213. The summed E-state index contributed by atoms with van der Waals surface area (Å²) in [4.78, 5) is 0. The molecule has 0 N–H and O–H groups in total. The molecule has 0 rings (SSSR count). The van der Waals surface area contributed by atoms with E-state index in [1.807, 2.05) is 0 Å². The van der Waals surface area contributed by atoms with Crippen molar-refractivity contribution in [2.75, 3.05) is 25.6 Å². The normalized spacial score (nSPS) is 12.9. The molecule has 0 spiro atoms. The maximum Gasteiger partial charge on any atom is 0.501 e. The van der Waals surface area contributed by atoms with E-state index in [0.29, 0.717) is 0 Å². The van der Waals surface area contributed by atoms with Gasteiger partial charge in [0.25, 0.3) is 0 Å². The SMILES string of the molecule is CCCO[Si](CCS[Si](C)(C)C)(OCCC)OCCC. The minimum atomic E-state index is -2.46. The molecule has 6 heteroatoms. The van der Waals surface area contributed by atoms with Gasteiger partial charge in [-0.15, -0.1) is 0 Å². The van der Waals surface area contributed by atoms with Crippen molar-refractivity contribution < 1.29 is 13.3 Å². The van der Waals surface area contributed by atoms with Crippen molar-refractivity contribution in [1.82, 2.24) is 0 Å². The van der Waals surface area contributed by atoms with Gasteiger partial charge < -0.3 is 13.3 Å². The van der Waals surface area contributed by atoms with Crippen LogP contribution in [-0.4, -0.2) is 41.6 Å². The zero-order chi connectivity index (χ0) is 15.5. The second kappa shape index (κ2) is 11.3. The lowest BCUT2D eigenvalue weighted by Gasteiger charge is -2.30. The van der Waals surface area contributed by atoms with Gasteiger partial charge in [-0.25, -0.2) is 0 Å². The van der Waals surface area contributed by atoms with E-state index in [-0.39, 0.29) is 0 Å². The molecule has 0 aliphatic heterocycles. The number of hydrogen-bond acceptors (Lipinski definition) is 4. The van der Waals surface area contributed by atoms with Gasteiger partial charge in [-0.2, -0.15) is 11.2 Å². The summed E-state index contributed by atoms with van der Waals surface area (Å²) in [6.07, 6.45) is 3.04. The van der Waals surface area contributed by atoms with E-state index in [9.17, 15) is 0 Å². The fourth-order valence-electron chi connectivity index (χ4n) is 1.60. The average molecular weight is 339 g/mol. The Morgan fingerprint density at radius 2 is 1.15 bits per heavy atom. The third-order valence-electron chi connectivity index (χ3n) is 2.52. The van der Waals surface area contributed by atoms with Gasteiger partial charge >= 0.3 is 8.80 Å². The van der Waals surface area contributed by atoms with Crippen molar-refractivity contribution >= 4 is 27.2 Å². The van der Waals surface area contributed by atoms with Crippen LogP contribution in [0.4, 0.5) is 0 Å². The highest BCUT2D eigenvalue weighted by Gasteiger charge is 2.40. The number of rotatable bonds is 13. The molecule has 0 aromatic rings. The van der Waals surface area contributed by atoms with E-state index in [1.54, 1.807) is 0 Å². The lowest BCUT2D eigenvalue weighted by atomic mass is 10.5. The lowest BCUT2D eigenvalue weighted by molar-refractivity contribution is 0.0607. The molecule has 0 saturated carbocycles. The first-order valence-electron chi connectivity index (χ1n) is 7.95. The molecule has 122 valence electrons. The Hall–Kier alpha value is 0.664. The summed E-state index contributed by atoms with van der Waals surface area (Å²) in [5.41, 5.74) is 0. The van der Waals surface area contributed by atoms with Crippen LogP contribution >= 0.6 is 11.2 Å². The summed E-state index contributed by atoms with van der Waals surface area (Å²) in [6.45, 7) is 15.8. The van der Waals surface area contributed by atoms with E-state index < -0.39 is 16.0 Å². The van der Waals surface area contributed by atoms with E-state index >= 15 is 0 Å². The van der Waals surface area contributed by atoms with E-state index in [0.717, 1.165) is 50.9 Å². The molecule has 0 bridgehead atoms. The summed E-state index contributed by atoms with van der Waals surface area (Å²) in [7, 11) is -3.54. The van der Waals surface area contributed by atoms with Gasteiger partial charge in [-0.3, -0.25) is 0 Å². The fourth-order valence-corrected chi connectivity index (χ4v) is 8.60. The number of hydrogen-bond donors (Lipinski definition) is 0. The van der Waals surface area contributed by atoms with Gasteiger partial charge in [0.2, 0.25) is 0 Å². The van der Waals surface area contributed by atoms with Crippen LogP contribution in [0.2, 0.25) is 25.7 Å². The molecule has 0 heterocycles. The van der Waals surface area contributed by atoms with Crippen molar-refractivity contribution in [2.24, 2.45) is 0 Å². The summed E-state index contributed by atoms with van der Waals surface area (Å²) >= 11 is 2.09. The fraction of sp³-hybridized carbons (Fsp3) is 1.00. The van der Waals surface area contributed by atoms with E-state index in [2.05, 4.69) is 51.6 Å². The maximum absolute atomic E-state index is 6.09. The van der Waals surface area contributed by atoms with Crippen molar-refractivity contribution in [3.05, 3.63) is 0 Å². The average Bonchev–Trinajstić information content (AvgIpc) is 2.38. The van der Waals surface area contributed by atoms with Crippen LogP contribution in [0, 0.1) is 0 Å². The maximum atomic E-state index is 6.09. The third-order valence-corrected chi connectivity index (χ3v) is 10.2. The van der Waals surface area contributed by atoms with Gasteiger partial charge in [0.1, 0.15) is 7.22 Å². The third kappa shape index (κ3) is 10.4. The van der Waals surface area contributed by atoms with Gasteiger partial charge in [0.15, 0.2) is 0 Å². The van der Waals surface area contributed by atoms with Crippen LogP contribution in [0.25, 0.3) is 0 Å².